The molecule has 0 aromatic heterocycles. The summed E-state index contributed by atoms with van der Waals surface area (Å²) in [6, 6.07) is 5.05. The van der Waals surface area contributed by atoms with Gasteiger partial charge < -0.3 is 18.9 Å². The minimum absolute atomic E-state index is 0.408. The molecule has 0 saturated heterocycles. The molecule has 1 atom stereocenters. The third kappa shape index (κ3) is 4.83. The Kier molecular flexibility index (Phi) is 6.26. The number of methoxy groups -OCH3 is 3. The molecule has 114 valence electrons. The fraction of sp³-hybridized carbons (Fsp3) is 0.333. The molecule has 0 N–H and O–H groups in total. The minimum atomic E-state index is -0.750. The quantitative estimate of drug-likeness (QED) is 0.589. The van der Waals surface area contributed by atoms with E-state index in [4.69, 9.17) is 9.47 Å². The smallest absolute Gasteiger partial charge is 0.346 e. The summed E-state index contributed by atoms with van der Waals surface area (Å²) in [5.74, 6) is -0.0799. The molecule has 0 aliphatic carbocycles. The van der Waals surface area contributed by atoms with Gasteiger partial charge in [-0.3, -0.25) is 0 Å². The van der Waals surface area contributed by atoms with Gasteiger partial charge in [0.25, 0.3) is 0 Å². The zero-order valence-corrected chi connectivity index (χ0v) is 12.4. The summed E-state index contributed by atoms with van der Waals surface area (Å²) in [6.45, 7) is 1.58. The zero-order valence-electron chi connectivity index (χ0n) is 12.4. The summed E-state index contributed by atoms with van der Waals surface area (Å²) in [5.41, 5.74) is 0.732. The summed E-state index contributed by atoms with van der Waals surface area (Å²) >= 11 is 0. The lowest BCUT2D eigenvalue weighted by Crippen LogP contribution is -2.25. The molecule has 21 heavy (non-hydrogen) atoms. The van der Waals surface area contributed by atoms with Crippen LogP contribution in [-0.2, 0) is 19.1 Å². The molecule has 1 aromatic rings. The Bertz CT molecular complexity index is 535. The van der Waals surface area contributed by atoms with E-state index in [1.165, 1.54) is 27.4 Å². The van der Waals surface area contributed by atoms with E-state index in [9.17, 15) is 9.59 Å². The Morgan fingerprint density at radius 1 is 1.10 bits per heavy atom. The largest absolute Gasteiger partial charge is 0.493 e. The van der Waals surface area contributed by atoms with Crippen LogP contribution in [0.5, 0.6) is 11.5 Å². The summed E-state index contributed by atoms with van der Waals surface area (Å²) in [4.78, 5) is 22.4. The first-order valence-corrected chi connectivity index (χ1v) is 6.20. The molecular formula is C15H18O6. The van der Waals surface area contributed by atoms with Gasteiger partial charge in [-0.15, -0.1) is 0 Å². The number of rotatable bonds is 6. The van der Waals surface area contributed by atoms with E-state index in [-0.39, 0.29) is 0 Å². The van der Waals surface area contributed by atoms with Gasteiger partial charge in [-0.1, -0.05) is 6.07 Å². The van der Waals surface area contributed by atoms with E-state index in [2.05, 4.69) is 9.47 Å². The van der Waals surface area contributed by atoms with E-state index in [1.54, 1.807) is 31.2 Å². The van der Waals surface area contributed by atoms with E-state index in [1.807, 2.05) is 0 Å². The molecule has 0 amide bonds. The molecule has 0 aliphatic heterocycles. The molecule has 0 fully saturated rings. The summed E-state index contributed by atoms with van der Waals surface area (Å²) in [7, 11) is 4.08. The highest BCUT2D eigenvalue weighted by atomic mass is 16.6. The molecule has 1 rings (SSSR count). The van der Waals surface area contributed by atoms with E-state index >= 15 is 0 Å². The topological polar surface area (TPSA) is 71.1 Å². The normalized spacial score (nSPS) is 11.8. The molecule has 6 nitrogen and oxygen atoms in total. The number of carbonyl (C=O) groups is 2. The lowest BCUT2D eigenvalue weighted by molar-refractivity contribution is -0.148. The van der Waals surface area contributed by atoms with Gasteiger partial charge >= 0.3 is 11.9 Å². The average molecular weight is 294 g/mol. The average Bonchev–Trinajstić information content (AvgIpc) is 2.52. The van der Waals surface area contributed by atoms with Crippen molar-refractivity contribution in [2.45, 2.75) is 13.0 Å². The zero-order chi connectivity index (χ0) is 15.8. The Morgan fingerprint density at radius 2 is 1.81 bits per heavy atom. The van der Waals surface area contributed by atoms with Gasteiger partial charge in [-0.2, -0.15) is 0 Å². The van der Waals surface area contributed by atoms with Gasteiger partial charge in [0.2, 0.25) is 0 Å². The van der Waals surface area contributed by atoms with Crippen LogP contribution < -0.4 is 9.47 Å². The maximum atomic E-state index is 11.3. The number of esters is 2. The van der Waals surface area contributed by atoms with Gasteiger partial charge in [0, 0.05) is 6.08 Å². The molecule has 1 aromatic carbocycles. The molecule has 0 spiro atoms. The van der Waals surface area contributed by atoms with Gasteiger partial charge in [-0.25, -0.2) is 9.59 Å². The van der Waals surface area contributed by atoms with Crippen LogP contribution in [0.2, 0.25) is 0 Å². The van der Waals surface area contributed by atoms with Crippen LogP contribution in [0.1, 0.15) is 12.5 Å². The van der Waals surface area contributed by atoms with E-state index < -0.39 is 18.0 Å². The number of carbonyl (C=O) groups excluding carboxylic acids is 2. The van der Waals surface area contributed by atoms with Gasteiger partial charge in [0.15, 0.2) is 17.6 Å². The third-order valence-corrected chi connectivity index (χ3v) is 2.64. The number of hydrogen-bond acceptors (Lipinski definition) is 6. The Morgan fingerprint density at radius 3 is 2.38 bits per heavy atom. The van der Waals surface area contributed by atoms with E-state index in [0.29, 0.717) is 11.5 Å². The minimum Gasteiger partial charge on any atom is -0.493 e. The van der Waals surface area contributed by atoms with E-state index in [0.717, 1.165) is 5.56 Å². The molecule has 0 heterocycles. The number of hydrogen-bond donors (Lipinski definition) is 0. The summed E-state index contributed by atoms with van der Waals surface area (Å²) < 4.78 is 19.8. The Balaban J connectivity index is 2.91. The number of benzene rings is 1. The second kappa shape index (κ2) is 7.94. The maximum Gasteiger partial charge on any atom is 0.346 e. The molecule has 0 radical (unpaired) electrons. The first kappa shape index (κ1) is 16.6. The SMILES string of the molecule is COC(=O)C=Cc1ccc(OC(C)C(=O)OC)c(OC)c1. The van der Waals surface area contributed by atoms with Crippen molar-refractivity contribution in [1.82, 2.24) is 0 Å². The second-order valence-electron chi connectivity index (χ2n) is 4.05. The Hall–Kier alpha value is -2.50. The van der Waals surface area contributed by atoms with Crippen molar-refractivity contribution in [3.8, 4) is 11.5 Å². The summed E-state index contributed by atoms with van der Waals surface area (Å²) in [5, 5.41) is 0. The lowest BCUT2D eigenvalue weighted by Gasteiger charge is -2.15. The predicted octanol–water partition coefficient (Wildman–Crippen LogP) is 1.82. The molecule has 0 bridgehead atoms. The molecule has 1 unspecified atom stereocenters. The van der Waals surface area contributed by atoms with Crippen molar-refractivity contribution < 1.29 is 28.5 Å². The Labute approximate surface area is 123 Å². The fourth-order valence-corrected chi connectivity index (χ4v) is 1.52. The first-order valence-electron chi connectivity index (χ1n) is 6.20. The molecule has 0 aliphatic rings. The maximum absolute atomic E-state index is 11.3. The van der Waals surface area contributed by atoms with Crippen molar-refractivity contribution in [2.24, 2.45) is 0 Å². The van der Waals surface area contributed by atoms with Gasteiger partial charge in [0.05, 0.1) is 21.3 Å². The highest BCUT2D eigenvalue weighted by Gasteiger charge is 2.17. The summed E-state index contributed by atoms with van der Waals surface area (Å²) in [6.07, 6.45) is 2.13. The van der Waals surface area contributed by atoms with Crippen molar-refractivity contribution in [3.05, 3.63) is 29.8 Å². The number of ether oxygens (including phenoxy) is 4. The van der Waals surface area contributed by atoms with Crippen LogP contribution in [0.4, 0.5) is 0 Å². The van der Waals surface area contributed by atoms with Crippen LogP contribution in [0.3, 0.4) is 0 Å². The van der Waals surface area contributed by atoms with Crippen molar-refractivity contribution >= 4 is 18.0 Å². The molecular weight excluding hydrogens is 276 g/mol. The highest BCUT2D eigenvalue weighted by molar-refractivity contribution is 5.87. The van der Waals surface area contributed by atoms with Crippen molar-refractivity contribution in [1.29, 1.82) is 0 Å². The predicted molar refractivity (Wildman–Crippen MR) is 76.2 cm³/mol. The van der Waals surface area contributed by atoms with Crippen LogP contribution in [0, 0.1) is 0 Å². The standard InChI is InChI=1S/C15H18O6/c1-10(15(17)20-4)21-12-7-5-11(9-13(12)18-2)6-8-14(16)19-3/h5-10H,1-4H3. The molecule has 6 heteroatoms. The van der Waals surface area contributed by atoms with Crippen LogP contribution >= 0.6 is 0 Å². The monoisotopic (exact) mass is 294 g/mol. The lowest BCUT2D eigenvalue weighted by atomic mass is 10.2. The second-order valence-corrected chi connectivity index (χ2v) is 4.05. The third-order valence-electron chi connectivity index (χ3n) is 2.64. The van der Waals surface area contributed by atoms with Crippen molar-refractivity contribution in [3.63, 3.8) is 0 Å². The van der Waals surface area contributed by atoms with Crippen LogP contribution in [0.25, 0.3) is 6.08 Å². The van der Waals surface area contributed by atoms with Crippen LogP contribution in [0.15, 0.2) is 24.3 Å². The van der Waals surface area contributed by atoms with Gasteiger partial charge in [-0.05, 0) is 30.7 Å². The highest BCUT2D eigenvalue weighted by Crippen LogP contribution is 2.29. The fourth-order valence-electron chi connectivity index (χ4n) is 1.52. The van der Waals surface area contributed by atoms with Crippen LogP contribution in [-0.4, -0.2) is 39.4 Å². The molecule has 0 saturated carbocycles. The van der Waals surface area contributed by atoms with Crippen molar-refractivity contribution in [2.75, 3.05) is 21.3 Å². The van der Waals surface area contributed by atoms with Gasteiger partial charge in [0.1, 0.15) is 0 Å². The first-order chi connectivity index (χ1) is 10.0.